The lowest BCUT2D eigenvalue weighted by Crippen LogP contribution is -2.40. The number of fused-ring (bicyclic) bond motifs is 1. The van der Waals surface area contributed by atoms with Crippen molar-refractivity contribution in [3.05, 3.63) is 60.3 Å². The van der Waals surface area contributed by atoms with Gasteiger partial charge in [-0.1, -0.05) is 30.3 Å². The first kappa shape index (κ1) is 21.0. The molecule has 0 aliphatic heterocycles. The predicted octanol–water partition coefficient (Wildman–Crippen LogP) is 3.26. The fourth-order valence-corrected chi connectivity index (χ4v) is 3.96. The summed E-state index contributed by atoms with van der Waals surface area (Å²) in [6, 6.07) is 15.5. The summed E-state index contributed by atoms with van der Waals surface area (Å²) in [5.41, 5.74) is 2.88. The molecule has 0 fully saturated rings. The van der Waals surface area contributed by atoms with Crippen LogP contribution < -0.4 is 10.6 Å². The Labute approximate surface area is 175 Å². The monoisotopic (exact) mass is 410 g/mol. The number of aromatic nitrogens is 1. The van der Waals surface area contributed by atoms with Gasteiger partial charge in [-0.2, -0.15) is 0 Å². The number of benzene rings is 2. The van der Waals surface area contributed by atoms with E-state index in [0.717, 1.165) is 21.4 Å². The third kappa shape index (κ3) is 4.63. The van der Waals surface area contributed by atoms with Gasteiger partial charge in [0.05, 0.1) is 11.7 Å². The molecular weight excluding hydrogens is 384 g/mol. The fourth-order valence-electron chi connectivity index (χ4n) is 3.41. The first-order valence-electron chi connectivity index (χ1n) is 9.35. The van der Waals surface area contributed by atoms with E-state index in [9.17, 15) is 9.59 Å². The molecule has 1 aromatic heterocycles. The number of thioether (sulfide) groups is 1. The van der Waals surface area contributed by atoms with Crippen LogP contribution >= 0.6 is 11.8 Å². The minimum atomic E-state index is -0.665. The highest BCUT2D eigenvalue weighted by molar-refractivity contribution is 7.98. The van der Waals surface area contributed by atoms with Gasteiger partial charge in [-0.3, -0.25) is 9.59 Å². The molecule has 0 aliphatic rings. The van der Waals surface area contributed by atoms with E-state index in [1.807, 2.05) is 62.6 Å². The maximum absolute atomic E-state index is 12.4. The number of nitrogens with one attached hydrogen (secondary N) is 2. The first-order chi connectivity index (χ1) is 13.9. The maximum atomic E-state index is 12.4. The molecule has 6 nitrogen and oxygen atoms in total. The Kier molecular flexibility index (Phi) is 6.61. The molecular formula is C22H26N4O2S. The number of rotatable bonds is 6. The average molecular weight is 411 g/mol. The molecule has 1 unspecified atom stereocenters. The van der Waals surface area contributed by atoms with Crippen LogP contribution in [-0.4, -0.2) is 48.2 Å². The van der Waals surface area contributed by atoms with E-state index in [4.69, 9.17) is 0 Å². The summed E-state index contributed by atoms with van der Waals surface area (Å²) in [7, 11) is 5.94. The number of hydrogen-bond acceptors (Lipinski definition) is 4. The van der Waals surface area contributed by atoms with Crippen molar-refractivity contribution in [2.45, 2.75) is 10.9 Å². The highest BCUT2D eigenvalue weighted by atomic mass is 32.2. The molecule has 3 aromatic rings. The summed E-state index contributed by atoms with van der Waals surface area (Å²) in [6.07, 6.45) is 4.01. The van der Waals surface area contributed by atoms with Crippen LogP contribution in [0.5, 0.6) is 0 Å². The van der Waals surface area contributed by atoms with E-state index in [0.29, 0.717) is 12.2 Å². The molecule has 2 aromatic carbocycles. The van der Waals surface area contributed by atoms with Crippen molar-refractivity contribution in [3.63, 3.8) is 0 Å². The first-order valence-corrected chi connectivity index (χ1v) is 10.6. The van der Waals surface area contributed by atoms with Gasteiger partial charge < -0.3 is 20.1 Å². The summed E-state index contributed by atoms with van der Waals surface area (Å²) in [5.74, 6) is -1.31. The normalized spacial score (nSPS) is 12.2. The number of hydrogen-bond donors (Lipinski definition) is 2. The van der Waals surface area contributed by atoms with Gasteiger partial charge in [-0.15, -0.1) is 11.8 Å². The Hall–Kier alpha value is -2.77. The zero-order valence-corrected chi connectivity index (χ0v) is 17.9. The van der Waals surface area contributed by atoms with Gasteiger partial charge in [0.15, 0.2) is 0 Å². The lowest BCUT2D eigenvalue weighted by atomic mass is 10.0. The highest BCUT2D eigenvalue weighted by Crippen LogP contribution is 2.28. The smallest absolute Gasteiger partial charge is 0.313 e. The van der Waals surface area contributed by atoms with E-state index in [1.165, 1.54) is 11.8 Å². The van der Waals surface area contributed by atoms with Gasteiger partial charge in [0, 0.05) is 35.6 Å². The zero-order valence-electron chi connectivity index (χ0n) is 17.1. The topological polar surface area (TPSA) is 66.4 Å². The predicted molar refractivity (Wildman–Crippen MR) is 119 cm³/mol. The Bertz CT molecular complexity index is 1030. The van der Waals surface area contributed by atoms with Crippen molar-refractivity contribution in [1.82, 2.24) is 14.8 Å². The van der Waals surface area contributed by atoms with Crippen molar-refractivity contribution < 1.29 is 9.59 Å². The van der Waals surface area contributed by atoms with Crippen LogP contribution in [0.15, 0.2) is 59.6 Å². The summed E-state index contributed by atoms with van der Waals surface area (Å²) in [5, 5.41) is 6.62. The molecule has 0 radical (unpaired) electrons. The van der Waals surface area contributed by atoms with Crippen molar-refractivity contribution >= 4 is 40.2 Å². The number of para-hydroxylation sites is 2. The minimum Gasteiger partial charge on any atom is -0.350 e. The molecule has 152 valence electrons. The minimum absolute atomic E-state index is 0.0590. The second-order valence-corrected chi connectivity index (χ2v) is 7.90. The molecule has 1 heterocycles. The summed E-state index contributed by atoms with van der Waals surface area (Å²) < 4.78 is 2.08. The van der Waals surface area contributed by atoms with Crippen LogP contribution in [0.3, 0.4) is 0 Å². The number of likely N-dealkylation sites (N-methyl/N-ethyl adjacent to an activating group) is 1. The summed E-state index contributed by atoms with van der Waals surface area (Å²) in [4.78, 5) is 27.7. The van der Waals surface area contributed by atoms with Crippen LogP contribution in [0.25, 0.3) is 10.9 Å². The van der Waals surface area contributed by atoms with Crippen LogP contribution in [0.4, 0.5) is 5.69 Å². The van der Waals surface area contributed by atoms with Crippen molar-refractivity contribution in [3.8, 4) is 0 Å². The largest absolute Gasteiger partial charge is 0.350 e. The van der Waals surface area contributed by atoms with Crippen LogP contribution in [0.2, 0.25) is 0 Å². The fraction of sp³-hybridized carbons (Fsp3) is 0.273. The van der Waals surface area contributed by atoms with Gasteiger partial charge in [-0.05, 0) is 44.1 Å². The Morgan fingerprint density at radius 1 is 1.07 bits per heavy atom. The molecule has 0 spiro atoms. The van der Waals surface area contributed by atoms with Gasteiger partial charge >= 0.3 is 11.8 Å². The van der Waals surface area contributed by atoms with Crippen molar-refractivity contribution in [2.24, 2.45) is 7.05 Å². The third-order valence-corrected chi connectivity index (χ3v) is 5.72. The molecule has 2 N–H and O–H groups in total. The molecule has 3 rings (SSSR count). The van der Waals surface area contributed by atoms with E-state index in [2.05, 4.69) is 33.5 Å². The van der Waals surface area contributed by atoms with Gasteiger partial charge in [0.25, 0.3) is 0 Å². The maximum Gasteiger partial charge on any atom is 0.313 e. The standard InChI is InChI=1S/C22H26N4O2S/c1-25(2)19(16-14-26(3)18-11-7-5-9-15(16)18)13-23-21(27)22(28)24-17-10-6-8-12-20(17)29-4/h5-12,14,19H,13H2,1-4H3,(H,23,27)(H,24,28). The molecule has 0 saturated heterocycles. The van der Waals surface area contributed by atoms with E-state index in [1.54, 1.807) is 6.07 Å². The Balaban J connectivity index is 1.72. The SMILES string of the molecule is CSc1ccccc1NC(=O)C(=O)NCC(c1cn(C)c2ccccc12)N(C)C. The number of anilines is 1. The highest BCUT2D eigenvalue weighted by Gasteiger charge is 2.22. The zero-order chi connectivity index (χ0) is 21.0. The van der Waals surface area contributed by atoms with Gasteiger partial charge in [-0.25, -0.2) is 0 Å². The molecule has 0 aliphatic carbocycles. The third-order valence-electron chi connectivity index (χ3n) is 4.93. The van der Waals surface area contributed by atoms with Crippen molar-refractivity contribution in [2.75, 3.05) is 32.2 Å². The number of carbonyl (C=O) groups excluding carboxylic acids is 2. The molecule has 7 heteroatoms. The van der Waals surface area contributed by atoms with E-state index >= 15 is 0 Å². The van der Waals surface area contributed by atoms with Gasteiger partial charge in [0.1, 0.15) is 0 Å². The summed E-state index contributed by atoms with van der Waals surface area (Å²) in [6.45, 7) is 0.331. The van der Waals surface area contributed by atoms with E-state index in [-0.39, 0.29) is 6.04 Å². The quantitative estimate of drug-likeness (QED) is 0.484. The van der Waals surface area contributed by atoms with Crippen LogP contribution in [-0.2, 0) is 16.6 Å². The van der Waals surface area contributed by atoms with E-state index < -0.39 is 11.8 Å². The Morgan fingerprint density at radius 3 is 2.48 bits per heavy atom. The van der Waals surface area contributed by atoms with Crippen LogP contribution in [0, 0.1) is 0 Å². The number of nitrogens with zero attached hydrogens (tertiary/aromatic N) is 2. The molecule has 0 saturated carbocycles. The average Bonchev–Trinajstić information content (AvgIpc) is 3.05. The summed E-state index contributed by atoms with van der Waals surface area (Å²) >= 11 is 1.52. The number of carbonyl (C=O) groups is 2. The van der Waals surface area contributed by atoms with Crippen molar-refractivity contribution in [1.29, 1.82) is 0 Å². The number of aryl methyl sites for hydroxylation is 1. The molecule has 29 heavy (non-hydrogen) atoms. The molecule has 2 amide bonds. The molecule has 1 atom stereocenters. The Morgan fingerprint density at radius 2 is 1.76 bits per heavy atom. The van der Waals surface area contributed by atoms with Crippen LogP contribution in [0.1, 0.15) is 11.6 Å². The lowest BCUT2D eigenvalue weighted by molar-refractivity contribution is -0.136. The lowest BCUT2D eigenvalue weighted by Gasteiger charge is -2.24. The second kappa shape index (κ2) is 9.15. The molecule has 0 bridgehead atoms. The van der Waals surface area contributed by atoms with Gasteiger partial charge in [0.2, 0.25) is 0 Å². The second-order valence-electron chi connectivity index (χ2n) is 7.06. The number of amides is 2.